The Morgan fingerprint density at radius 1 is 1.56 bits per heavy atom. The number of rotatable bonds is 3. The summed E-state index contributed by atoms with van der Waals surface area (Å²) < 4.78 is 29.2. The molecule has 0 fully saturated rings. The molecule has 0 saturated carbocycles. The predicted molar refractivity (Wildman–Crippen MR) is 48.8 cm³/mol. The van der Waals surface area contributed by atoms with Crippen molar-refractivity contribution in [1.29, 1.82) is 0 Å². The monoisotopic (exact) mass is 228 g/mol. The molecule has 84 valence electrons. The molecular formula is C9H6F2N2O3. The van der Waals surface area contributed by atoms with Crippen molar-refractivity contribution < 1.29 is 23.4 Å². The molecule has 0 aromatic carbocycles. The summed E-state index contributed by atoms with van der Waals surface area (Å²) in [6, 6.07) is 2.48. The number of aromatic carboxylic acids is 1. The molecule has 2 heterocycles. The molecule has 7 heteroatoms. The molecule has 2 aromatic rings. The van der Waals surface area contributed by atoms with E-state index in [-0.39, 0.29) is 17.1 Å². The van der Waals surface area contributed by atoms with Crippen molar-refractivity contribution in [2.45, 2.75) is 6.61 Å². The second-order valence-electron chi connectivity index (χ2n) is 2.92. The standard InChI is InChI=1S/C9H6F2N2O3/c10-9(11)16-5-1-2-13-6(8(14)15)4-12-7(13)3-5/h1-4,9H,(H,14,15). The summed E-state index contributed by atoms with van der Waals surface area (Å²) in [5.74, 6) is -1.21. The number of hydrogen-bond donors (Lipinski definition) is 1. The average Bonchev–Trinajstić information content (AvgIpc) is 2.59. The number of aromatic nitrogens is 2. The molecule has 5 nitrogen and oxygen atoms in total. The third-order valence-electron chi connectivity index (χ3n) is 1.93. The lowest BCUT2D eigenvalue weighted by Crippen LogP contribution is -2.04. The largest absolute Gasteiger partial charge is 0.477 e. The fourth-order valence-electron chi connectivity index (χ4n) is 1.30. The van der Waals surface area contributed by atoms with E-state index in [2.05, 4.69) is 9.72 Å². The minimum absolute atomic E-state index is 0.0430. The fourth-order valence-corrected chi connectivity index (χ4v) is 1.30. The van der Waals surface area contributed by atoms with Gasteiger partial charge in [-0.3, -0.25) is 4.40 Å². The number of imidazole rings is 1. The lowest BCUT2D eigenvalue weighted by Gasteiger charge is -2.04. The Balaban J connectivity index is 2.45. The SMILES string of the molecule is O=C(O)c1cnc2cc(OC(F)F)ccn12. The number of nitrogens with zero attached hydrogens (tertiary/aromatic N) is 2. The van der Waals surface area contributed by atoms with Gasteiger partial charge in [0.1, 0.15) is 11.4 Å². The normalized spacial score (nSPS) is 10.9. The second-order valence-corrected chi connectivity index (χ2v) is 2.92. The number of ether oxygens (including phenoxy) is 1. The lowest BCUT2D eigenvalue weighted by molar-refractivity contribution is -0.0498. The van der Waals surface area contributed by atoms with Gasteiger partial charge >= 0.3 is 12.6 Å². The maximum Gasteiger partial charge on any atom is 0.387 e. The van der Waals surface area contributed by atoms with Gasteiger partial charge in [0.25, 0.3) is 0 Å². The van der Waals surface area contributed by atoms with Crippen LogP contribution in [0.1, 0.15) is 10.5 Å². The van der Waals surface area contributed by atoms with Crippen molar-refractivity contribution >= 4 is 11.6 Å². The van der Waals surface area contributed by atoms with Gasteiger partial charge in [0, 0.05) is 12.3 Å². The van der Waals surface area contributed by atoms with E-state index in [1.54, 1.807) is 0 Å². The van der Waals surface area contributed by atoms with Crippen LogP contribution in [0.5, 0.6) is 5.75 Å². The van der Waals surface area contributed by atoms with Gasteiger partial charge in [-0.25, -0.2) is 9.78 Å². The van der Waals surface area contributed by atoms with Gasteiger partial charge in [-0.05, 0) is 6.07 Å². The van der Waals surface area contributed by atoms with Gasteiger partial charge < -0.3 is 9.84 Å². The maximum atomic E-state index is 11.9. The molecule has 16 heavy (non-hydrogen) atoms. The Bertz CT molecular complexity index is 539. The first-order valence-corrected chi connectivity index (χ1v) is 4.23. The van der Waals surface area contributed by atoms with Crippen LogP contribution in [-0.2, 0) is 0 Å². The molecule has 0 unspecified atom stereocenters. The Morgan fingerprint density at radius 2 is 2.31 bits per heavy atom. The minimum atomic E-state index is -2.92. The molecule has 0 amide bonds. The van der Waals surface area contributed by atoms with Gasteiger partial charge in [0.2, 0.25) is 0 Å². The van der Waals surface area contributed by atoms with Crippen molar-refractivity contribution in [3.63, 3.8) is 0 Å². The first kappa shape index (κ1) is 10.3. The Labute approximate surface area is 87.9 Å². The van der Waals surface area contributed by atoms with Crippen LogP contribution in [0.15, 0.2) is 24.5 Å². The van der Waals surface area contributed by atoms with Crippen LogP contribution in [0.25, 0.3) is 5.65 Å². The van der Waals surface area contributed by atoms with E-state index < -0.39 is 12.6 Å². The van der Waals surface area contributed by atoms with Crippen molar-refractivity contribution in [3.8, 4) is 5.75 Å². The number of hydrogen-bond acceptors (Lipinski definition) is 3. The van der Waals surface area contributed by atoms with Crippen LogP contribution in [0.4, 0.5) is 8.78 Å². The first-order chi connectivity index (χ1) is 7.58. The van der Waals surface area contributed by atoms with Crippen molar-refractivity contribution in [1.82, 2.24) is 9.38 Å². The predicted octanol–water partition coefficient (Wildman–Crippen LogP) is 1.63. The third kappa shape index (κ3) is 1.79. The number of carbonyl (C=O) groups is 1. The molecule has 0 aliphatic carbocycles. The zero-order chi connectivity index (χ0) is 11.7. The number of carboxylic acid groups (broad SMARTS) is 1. The highest BCUT2D eigenvalue weighted by Crippen LogP contribution is 2.17. The number of carboxylic acids is 1. The molecule has 0 atom stereocenters. The Hall–Kier alpha value is -2.18. The molecule has 0 aliphatic heterocycles. The quantitative estimate of drug-likeness (QED) is 0.867. The van der Waals surface area contributed by atoms with E-state index in [0.29, 0.717) is 0 Å². The van der Waals surface area contributed by atoms with E-state index in [0.717, 1.165) is 6.20 Å². The third-order valence-corrected chi connectivity index (χ3v) is 1.93. The van der Waals surface area contributed by atoms with Gasteiger partial charge in [0.05, 0.1) is 6.20 Å². The van der Waals surface area contributed by atoms with Crippen LogP contribution in [-0.4, -0.2) is 27.1 Å². The molecular weight excluding hydrogens is 222 g/mol. The molecule has 2 aromatic heterocycles. The van der Waals surface area contributed by atoms with E-state index in [4.69, 9.17) is 5.11 Å². The van der Waals surface area contributed by atoms with Crippen LogP contribution in [0.3, 0.4) is 0 Å². The summed E-state index contributed by atoms with van der Waals surface area (Å²) in [5, 5.41) is 8.77. The van der Waals surface area contributed by atoms with E-state index in [1.165, 1.54) is 22.7 Å². The van der Waals surface area contributed by atoms with Gasteiger partial charge in [0.15, 0.2) is 5.69 Å². The van der Waals surface area contributed by atoms with Crippen LogP contribution >= 0.6 is 0 Å². The zero-order valence-electron chi connectivity index (χ0n) is 7.80. The molecule has 2 rings (SSSR count). The molecule has 0 saturated heterocycles. The van der Waals surface area contributed by atoms with Gasteiger partial charge in [-0.1, -0.05) is 0 Å². The topological polar surface area (TPSA) is 63.8 Å². The summed E-state index contributed by atoms with van der Waals surface area (Å²) >= 11 is 0. The first-order valence-electron chi connectivity index (χ1n) is 4.23. The summed E-state index contributed by atoms with van der Waals surface area (Å²) in [4.78, 5) is 14.5. The summed E-state index contributed by atoms with van der Waals surface area (Å²) in [7, 11) is 0. The number of halogens is 2. The number of pyridine rings is 1. The summed E-state index contributed by atoms with van der Waals surface area (Å²) in [6.07, 6.45) is 2.45. The van der Waals surface area contributed by atoms with Gasteiger partial charge in [-0.2, -0.15) is 8.78 Å². The highest BCUT2D eigenvalue weighted by molar-refractivity contribution is 5.86. The maximum absolute atomic E-state index is 11.9. The lowest BCUT2D eigenvalue weighted by atomic mass is 10.4. The number of alkyl halides is 2. The molecule has 0 bridgehead atoms. The second kappa shape index (κ2) is 3.76. The zero-order valence-corrected chi connectivity index (χ0v) is 7.80. The smallest absolute Gasteiger partial charge is 0.387 e. The minimum Gasteiger partial charge on any atom is -0.477 e. The van der Waals surface area contributed by atoms with Crippen molar-refractivity contribution in [3.05, 3.63) is 30.2 Å². The molecule has 1 N–H and O–H groups in total. The van der Waals surface area contributed by atoms with Gasteiger partial charge in [-0.15, -0.1) is 0 Å². The summed E-state index contributed by atoms with van der Waals surface area (Å²) in [5.41, 5.74) is 0.189. The highest BCUT2D eigenvalue weighted by atomic mass is 19.3. The van der Waals surface area contributed by atoms with E-state index in [1.807, 2.05) is 0 Å². The Morgan fingerprint density at radius 3 is 2.94 bits per heavy atom. The van der Waals surface area contributed by atoms with Crippen LogP contribution in [0, 0.1) is 0 Å². The molecule has 0 radical (unpaired) electrons. The highest BCUT2D eigenvalue weighted by Gasteiger charge is 2.11. The van der Waals surface area contributed by atoms with Crippen LogP contribution in [0.2, 0.25) is 0 Å². The van der Waals surface area contributed by atoms with E-state index in [9.17, 15) is 13.6 Å². The number of fused-ring (bicyclic) bond motifs is 1. The van der Waals surface area contributed by atoms with Crippen molar-refractivity contribution in [2.75, 3.05) is 0 Å². The van der Waals surface area contributed by atoms with E-state index >= 15 is 0 Å². The fraction of sp³-hybridized carbons (Fsp3) is 0.111. The molecule has 0 aliphatic rings. The molecule has 0 spiro atoms. The van der Waals surface area contributed by atoms with Crippen LogP contribution < -0.4 is 4.74 Å². The average molecular weight is 228 g/mol. The van der Waals surface area contributed by atoms with Crippen molar-refractivity contribution in [2.24, 2.45) is 0 Å². The summed E-state index contributed by atoms with van der Waals surface area (Å²) in [6.45, 7) is -2.92. The Kier molecular flexibility index (Phi) is 2.43.